The fraction of sp³-hybridized carbons (Fsp3) is 0.310. The maximum Gasteiger partial charge on any atom is 0.229 e. The molecule has 2 aromatic carbocycles. The van der Waals surface area contributed by atoms with Gasteiger partial charge in [0.25, 0.3) is 0 Å². The Balaban J connectivity index is 1.38. The molecule has 1 saturated heterocycles. The van der Waals surface area contributed by atoms with Crippen molar-refractivity contribution in [1.82, 2.24) is 30.0 Å². The molecule has 5 rings (SSSR count). The Morgan fingerprint density at radius 1 is 1.08 bits per heavy atom. The third-order valence-electron chi connectivity index (χ3n) is 6.63. The maximum absolute atomic E-state index is 12.5. The number of aromatic nitrogens is 4. The second kappa shape index (κ2) is 11.5. The number of ketones is 1. The maximum atomic E-state index is 12.5. The Kier molecular flexibility index (Phi) is 7.76. The van der Waals surface area contributed by atoms with Gasteiger partial charge in [0, 0.05) is 56.1 Å². The molecule has 38 heavy (non-hydrogen) atoms. The SMILES string of the molecule is CN(C)C/C=C/C(=O)Cc1cccc(-c2nc(Nc3cccc(N4CCN(C)CC4)c3)nc3[nH]ncc23)c1. The summed E-state index contributed by atoms with van der Waals surface area (Å²) in [5.74, 6) is 0.558. The van der Waals surface area contributed by atoms with Gasteiger partial charge in [0.05, 0.1) is 17.3 Å². The zero-order valence-electron chi connectivity index (χ0n) is 22.2. The highest BCUT2D eigenvalue weighted by atomic mass is 16.1. The van der Waals surface area contributed by atoms with Gasteiger partial charge in [0.2, 0.25) is 5.95 Å². The number of nitrogens with one attached hydrogen (secondary N) is 2. The molecule has 2 aromatic heterocycles. The molecule has 0 bridgehead atoms. The van der Waals surface area contributed by atoms with Crippen LogP contribution in [-0.4, -0.2) is 89.6 Å². The van der Waals surface area contributed by atoms with E-state index in [1.165, 1.54) is 5.69 Å². The van der Waals surface area contributed by atoms with Crippen molar-refractivity contribution in [1.29, 1.82) is 0 Å². The van der Waals surface area contributed by atoms with Crippen molar-refractivity contribution in [3.8, 4) is 11.3 Å². The number of allylic oxidation sites excluding steroid dienone is 1. The molecule has 0 atom stereocenters. The van der Waals surface area contributed by atoms with Gasteiger partial charge >= 0.3 is 0 Å². The van der Waals surface area contributed by atoms with Crippen molar-refractivity contribution in [2.45, 2.75) is 6.42 Å². The number of fused-ring (bicyclic) bond motifs is 1. The molecule has 3 heterocycles. The molecule has 0 radical (unpaired) electrons. The summed E-state index contributed by atoms with van der Waals surface area (Å²) in [4.78, 5) is 28.8. The number of benzene rings is 2. The second-order valence-corrected chi connectivity index (χ2v) is 10.0. The van der Waals surface area contributed by atoms with E-state index in [2.05, 4.69) is 55.5 Å². The van der Waals surface area contributed by atoms with Gasteiger partial charge in [-0.2, -0.15) is 10.1 Å². The summed E-state index contributed by atoms with van der Waals surface area (Å²) in [6.45, 7) is 4.85. The van der Waals surface area contributed by atoms with Crippen molar-refractivity contribution in [2.24, 2.45) is 0 Å². The number of H-pyrrole nitrogens is 1. The van der Waals surface area contributed by atoms with Crippen molar-refractivity contribution in [3.63, 3.8) is 0 Å². The van der Waals surface area contributed by atoms with E-state index in [4.69, 9.17) is 4.98 Å². The fourth-order valence-electron chi connectivity index (χ4n) is 4.57. The molecular weight excluding hydrogens is 476 g/mol. The smallest absolute Gasteiger partial charge is 0.229 e. The molecule has 0 saturated carbocycles. The zero-order valence-corrected chi connectivity index (χ0v) is 22.2. The Morgan fingerprint density at radius 3 is 2.71 bits per heavy atom. The molecule has 0 amide bonds. The first-order valence-electron chi connectivity index (χ1n) is 12.9. The van der Waals surface area contributed by atoms with E-state index in [1.54, 1.807) is 12.3 Å². The molecule has 9 heteroatoms. The quantitative estimate of drug-likeness (QED) is 0.329. The number of nitrogens with zero attached hydrogens (tertiary/aromatic N) is 6. The summed E-state index contributed by atoms with van der Waals surface area (Å²) in [5, 5.41) is 11.4. The molecule has 1 fully saturated rings. The minimum absolute atomic E-state index is 0.0720. The molecule has 2 N–H and O–H groups in total. The van der Waals surface area contributed by atoms with Crippen LogP contribution in [0, 0.1) is 0 Å². The number of aromatic amines is 1. The highest BCUT2D eigenvalue weighted by molar-refractivity contribution is 5.93. The van der Waals surface area contributed by atoms with Gasteiger partial charge in [-0.1, -0.05) is 30.3 Å². The fourth-order valence-corrected chi connectivity index (χ4v) is 4.57. The van der Waals surface area contributed by atoms with Crippen LogP contribution in [0.1, 0.15) is 5.56 Å². The number of carbonyl (C=O) groups excluding carboxylic acids is 1. The van der Waals surface area contributed by atoms with Gasteiger partial charge in [-0.25, -0.2) is 4.98 Å². The minimum atomic E-state index is 0.0720. The summed E-state index contributed by atoms with van der Waals surface area (Å²) in [6.07, 6.45) is 5.62. The largest absolute Gasteiger partial charge is 0.369 e. The van der Waals surface area contributed by atoms with E-state index >= 15 is 0 Å². The third kappa shape index (κ3) is 6.24. The van der Waals surface area contributed by atoms with Crippen LogP contribution in [-0.2, 0) is 11.2 Å². The van der Waals surface area contributed by atoms with Crippen LogP contribution in [0.5, 0.6) is 0 Å². The first-order valence-corrected chi connectivity index (χ1v) is 12.9. The summed E-state index contributed by atoms with van der Waals surface area (Å²) in [6, 6.07) is 16.3. The average Bonchev–Trinajstić information content (AvgIpc) is 3.37. The summed E-state index contributed by atoms with van der Waals surface area (Å²) in [5.41, 5.74) is 5.38. The number of carbonyl (C=O) groups is 1. The molecule has 4 aromatic rings. The number of rotatable bonds is 9. The van der Waals surface area contributed by atoms with E-state index in [1.807, 2.05) is 55.4 Å². The van der Waals surface area contributed by atoms with Gasteiger partial charge in [-0.15, -0.1) is 0 Å². The Labute approximate surface area is 223 Å². The molecule has 1 aliphatic heterocycles. The van der Waals surface area contributed by atoms with Crippen LogP contribution in [0.3, 0.4) is 0 Å². The highest BCUT2D eigenvalue weighted by Crippen LogP contribution is 2.29. The monoisotopic (exact) mass is 510 g/mol. The van der Waals surface area contributed by atoms with Crippen LogP contribution in [0.4, 0.5) is 17.3 Å². The molecule has 9 nitrogen and oxygen atoms in total. The summed E-state index contributed by atoms with van der Waals surface area (Å²) < 4.78 is 0. The van der Waals surface area contributed by atoms with Crippen LogP contribution in [0.2, 0.25) is 0 Å². The first-order chi connectivity index (χ1) is 18.4. The second-order valence-electron chi connectivity index (χ2n) is 10.0. The number of hydrogen-bond donors (Lipinski definition) is 2. The van der Waals surface area contributed by atoms with Crippen molar-refractivity contribution in [2.75, 3.05) is 64.1 Å². The number of hydrogen-bond acceptors (Lipinski definition) is 8. The van der Waals surface area contributed by atoms with Gasteiger partial charge < -0.3 is 20.0 Å². The van der Waals surface area contributed by atoms with Gasteiger partial charge in [-0.3, -0.25) is 9.89 Å². The van der Waals surface area contributed by atoms with Crippen LogP contribution >= 0.6 is 0 Å². The van der Waals surface area contributed by atoms with Gasteiger partial charge in [0.15, 0.2) is 11.4 Å². The Morgan fingerprint density at radius 2 is 1.89 bits per heavy atom. The van der Waals surface area contributed by atoms with Crippen molar-refractivity contribution < 1.29 is 4.79 Å². The third-order valence-corrected chi connectivity index (χ3v) is 6.63. The van der Waals surface area contributed by atoms with E-state index in [9.17, 15) is 4.79 Å². The van der Waals surface area contributed by atoms with Gasteiger partial charge in [-0.05, 0) is 57.0 Å². The lowest BCUT2D eigenvalue weighted by atomic mass is 10.0. The molecule has 1 aliphatic rings. The summed E-state index contributed by atoms with van der Waals surface area (Å²) in [7, 11) is 6.11. The minimum Gasteiger partial charge on any atom is -0.369 e. The van der Waals surface area contributed by atoms with Crippen molar-refractivity contribution >= 4 is 34.1 Å². The molecule has 0 unspecified atom stereocenters. The molecule has 196 valence electrons. The van der Waals surface area contributed by atoms with Crippen molar-refractivity contribution in [3.05, 3.63) is 72.4 Å². The van der Waals surface area contributed by atoms with Crippen LogP contribution < -0.4 is 10.2 Å². The summed E-state index contributed by atoms with van der Waals surface area (Å²) >= 11 is 0. The lowest BCUT2D eigenvalue weighted by Gasteiger charge is -2.34. The zero-order chi connectivity index (χ0) is 26.5. The van der Waals surface area contributed by atoms with E-state index < -0.39 is 0 Å². The predicted molar refractivity (Wildman–Crippen MR) is 153 cm³/mol. The Bertz CT molecular complexity index is 1440. The molecule has 0 spiro atoms. The predicted octanol–water partition coefficient (Wildman–Crippen LogP) is 3.74. The highest BCUT2D eigenvalue weighted by Gasteiger charge is 2.16. The van der Waals surface area contributed by atoms with E-state index in [0.717, 1.165) is 60.6 Å². The van der Waals surface area contributed by atoms with E-state index in [0.29, 0.717) is 18.0 Å². The average molecular weight is 511 g/mol. The first kappa shape index (κ1) is 25.6. The van der Waals surface area contributed by atoms with Crippen LogP contribution in [0.15, 0.2) is 66.9 Å². The lowest BCUT2D eigenvalue weighted by Crippen LogP contribution is -2.44. The van der Waals surface area contributed by atoms with E-state index in [-0.39, 0.29) is 5.78 Å². The van der Waals surface area contributed by atoms with Gasteiger partial charge in [0.1, 0.15) is 0 Å². The number of anilines is 3. The topological polar surface area (TPSA) is 93.3 Å². The normalized spacial score (nSPS) is 14.6. The molecule has 0 aliphatic carbocycles. The lowest BCUT2D eigenvalue weighted by molar-refractivity contribution is -0.114. The Hall–Kier alpha value is -4.08. The molecular formula is C29H34N8O. The van der Waals surface area contributed by atoms with Crippen LogP contribution in [0.25, 0.3) is 22.3 Å². The standard InChI is InChI=1S/C29H34N8O/c1-35(2)12-6-11-25(38)18-21-7-4-8-22(17-21)27-26-20-30-34-28(26)33-29(32-27)31-23-9-5-10-24(19-23)37-15-13-36(3)14-16-37/h4-11,17,19-20H,12-16,18H2,1-3H3,(H2,30,31,32,33,34)/b11-6+. The number of piperazine rings is 1. The number of likely N-dealkylation sites (N-methyl/N-ethyl adjacent to an activating group) is 2.